The van der Waals surface area contributed by atoms with E-state index in [2.05, 4.69) is 64.6 Å². The predicted octanol–water partition coefficient (Wildman–Crippen LogP) is 19.2. The topological polar surface area (TPSA) is 35.9 Å². The first-order valence-electron chi connectivity index (χ1n) is 41.5. The predicted molar refractivity (Wildman–Crippen MR) is 394 cm³/mol. The molecule has 0 saturated carbocycles. The molecule has 0 saturated heterocycles. The lowest BCUT2D eigenvalue weighted by Crippen LogP contribution is -2.74. The molecule has 5 nitrogen and oxygen atoms in total. The van der Waals surface area contributed by atoms with Crippen LogP contribution in [0.15, 0.2) is 291 Å². The minimum absolute atomic E-state index is 0.0459. The van der Waals surface area contributed by atoms with Crippen molar-refractivity contribution >= 4 is 61.7 Å². The summed E-state index contributed by atoms with van der Waals surface area (Å²) in [7, 11) is -5.95. The van der Waals surface area contributed by atoms with Gasteiger partial charge in [-0.15, -0.1) is 0 Å². The van der Waals surface area contributed by atoms with Gasteiger partial charge in [0, 0.05) is 31.3 Å². The van der Waals surface area contributed by atoms with Gasteiger partial charge in [-0.2, -0.15) is 0 Å². The highest BCUT2D eigenvalue weighted by Crippen LogP contribution is 2.48. The normalized spacial score (nSPS) is 15.7. The summed E-state index contributed by atoms with van der Waals surface area (Å²) in [4.78, 5) is 4.91. The lowest BCUT2D eigenvalue weighted by molar-refractivity contribution is -0.570. The number of rotatable bonds is 10. The van der Waals surface area contributed by atoms with Gasteiger partial charge >= 0.3 is 0 Å². The lowest BCUT2D eigenvalue weighted by atomic mass is 9.84. The average Bonchev–Trinajstić information content (AvgIpc) is 1.46. The zero-order valence-electron chi connectivity index (χ0n) is 73.2. The number of aryl methyl sites for hydroxylation is 2. The monoisotopic (exact) mass is 1250 g/mol. The van der Waals surface area contributed by atoms with E-state index in [1.807, 2.05) is 114 Å². The molecular formula is C88H72N4OSi. The van der Waals surface area contributed by atoms with E-state index in [1.165, 1.54) is 18.2 Å². The quantitative estimate of drug-likeness (QED) is 0.0592. The van der Waals surface area contributed by atoms with Crippen LogP contribution >= 0.6 is 0 Å². The molecule has 0 unspecified atom stereocenters. The van der Waals surface area contributed by atoms with Crippen LogP contribution in [-0.2, 0) is 10.8 Å². The molecule has 0 bridgehead atoms. The van der Waals surface area contributed by atoms with E-state index in [0.717, 1.165) is 32.9 Å². The Morgan fingerprint density at radius 3 is 1.64 bits per heavy atom. The van der Waals surface area contributed by atoms with E-state index in [9.17, 15) is 16.4 Å². The van der Waals surface area contributed by atoms with Gasteiger partial charge in [0.05, 0.1) is 54.0 Å². The van der Waals surface area contributed by atoms with Crippen LogP contribution in [0.25, 0.3) is 106 Å². The van der Waals surface area contributed by atoms with Crippen LogP contribution in [0.5, 0.6) is 11.5 Å². The van der Waals surface area contributed by atoms with Crippen LogP contribution in [0.4, 0.5) is 0 Å². The SMILES string of the molecule is [2H]c1c([2H])c([2H])c([Si](c2cc3c4c(c2)n(-c2cccc(Oc5ccc6c7ccccc7n(-c7cc(C(C)(C)C)ccn7)c6c5)c2)[c-][n+]4-c2c(-c4ccc(C(C)(C)C)cc4)cc(-c4c(C([2H])([2H])[2H])cccc4C([2H])([2H])[2H])cc2-c2ccccc2-c2ccccc2-3)(c2c([2H])c([2H])c([2H])c([2H])c2[2H])c2c([2H])c([2H])c([2H])c([2H])c2[2H])c([2H])c1[2H]. The smallest absolute Gasteiger partial charge is 0.269 e. The van der Waals surface area contributed by atoms with Crippen molar-refractivity contribution in [3.8, 4) is 84.3 Å². The van der Waals surface area contributed by atoms with Crippen molar-refractivity contribution in [1.29, 1.82) is 0 Å². The molecule has 4 heterocycles. The Hall–Kier alpha value is -10.9. The van der Waals surface area contributed by atoms with E-state index in [-0.39, 0.29) is 60.6 Å². The number of benzene rings is 12. The molecule has 1 aliphatic heterocycles. The molecule has 94 heavy (non-hydrogen) atoms. The Bertz CT molecular complexity index is 6360. The first-order chi connectivity index (χ1) is 54.3. The maximum Gasteiger partial charge on any atom is 0.269 e. The van der Waals surface area contributed by atoms with Crippen molar-refractivity contribution in [2.75, 3.05) is 0 Å². The molecule has 3 aromatic heterocycles. The first kappa shape index (κ1) is 39.5. The molecule has 0 aliphatic carbocycles. The number of fused-ring (bicyclic) bond motifs is 10. The van der Waals surface area contributed by atoms with Crippen molar-refractivity contribution < 1.29 is 38.1 Å². The minimum atomic E-state index is -5.95. The van der Waals surface area contributed by atoms with Gasteiger partial charge in [0.1, 0.15) is 17.3 Å². The summed E-state index contributed by atoms with van der Waals surface area (Å²) in [5.41, 5.74) is 7.68. The van der Waals surface area contributed by atoms with Gasteiger partial charge in [0.25, 0.3) is 6.33 Å². The van der Waals surface area contributed by atoms with Gasteiger partial charge < -0.3 is 4.74 Å². The molecule has 454 valence electrons. The van der Waals surface area contributed by atoms with Crippen LogP contribution in [-0.4, -0.2) is 22.2 Å². The number of hydrogen-bond acceptors (Lipinski definition) is 2. The second-order valence-corrected chi connectivity index (χ2v) is 29.3. The molecule has 0 atom stereocenters. The fourth-order valence-electron chi connectivity index (χ4n) is 13.6. The van der Waals surface area contributed by atoms with Crippen LogP contribution in [0.1, 0.15) is 92.6 Å². The first-order valence-corrected chi connectivity index (χ1v) is 33.0. The van der Waals surface area contributed by atoms with E-state index in [0.29, 0.717) is 61.9 Å². The lowest BCUT2D eigenvalue weighted by Gasteiger charge is -2.35. The summed E-state index contributed by atoms with van der Waals surface area (Å²) in [6.07, 6.45) is 5.58. The Kier molecular flexibility index (Phi) is 9.54. The van der Waals surface area contributed by atoms with Gasteiger partial charge in [-0.25, -0.2) is 4.98 Å². The fraction of sp³-hybridized carbons (Fsp3) is 0.114. The molecule has 0 fully saturated rings. The van der Waals surface area contributed by atoms with Crippen LogP contribution in [0.2, 0.25) is 0 Å². The van der Waals surface area contributed by atoms with E-state index < -0.39 is 128 Å². The van der Waals surface area contributed by atoms with E-state index >= 15 is 0 Å². The van der Waals surface area contributed by atoms with Gasteiger partial charge in [0.2, 0.25) is 0 Å². The summed E-state index contributed by atoms with van der Waals surface area (Å²) >= 11 is 0. The Labute approximate surface area is 581 Å². The molecule has 0 spiro atoms. The number of pyridine rings is 1. The third-order valence-corrected chi connectivity index (χ3v) is 22.2. The van der Waals surface area contributed by atoms with E-state index in [1.54, 1.807) is 65.4 Å². The van der Waals surface area contributed by atoms with Gasteiger partial charge in [-0.3, -0.25) is 13.7 Å². The zero-order chi connectivity index (χ0) is 82.1. The van der Waals surface area contributed by atoms with Gasteiger partial charge in [0.15, 0.2) is 8.07 Å². The molecule has 0 radical (unpaired) electrons. The number of aromatic nitrogens is 4. The summed E-state index contributed by atoms with van der Waals surface area (Å²) in [5.74, 6) is 1.39. The Morgan fingerprint density at radius 1 is 0.447 bits per heavy atom. The highest BCUT2D eigenvalue weighted by atomic mass is 28.3. The third kappa shape index (κ3) is 9.74. The molecule has 1 aliphatic rings. The van der Waals surface area contributed by atoms with Crippen molar-refractivity contribution in [3.05, 3.63) is 320 Å². The fourth-order valence-corrected chi connectivity index (χ4v) is 17.4. The highest BCUT2D eigenvalue weighted by molar-refractivity contribution is 7.20. The number of nitrogens with zero attached hydrogens (tertiary/aromatic N) is 4. The standard InChI is InChI=1S/C88H72N4OSi/c1-58-26-24-27-59(2)84(58)61-50-77(60-42-44-62(45-43-60)87(3,4)5)85-78(51-61)73-38-20-18-36-71(73)72-37-19-21-39-74(72)79-55-70(94(67-30-12-9-13-31-67,68-32-14-10-15-33-68)69-34-16-11-17-35-69)56-82-86(79)91(85)57-90(82)64-28-25-29-65(53-64)93-66-46-47-76-75-40-22-23-41-80(75)92(81(76)54-66)83-52-63(48-49-89-83)88(6,7)8/h9-56H,1-8H3/i1D3,2D3,9D,10D,11D,12D,13D,14D,15D,16D,17D,30D,31D,32D,33D,34D,35D. The van der Waals surface area contributed by atoms with Crippen LogP contribution in [0, 0.1) is 20.0 Å². The summed E-state index contributed by atoms with van der Waals surface area (Å²) < 4.78 is 212. The third-order valence-electron chi connectivity index (χ3n) is 18.1. The number of hydrogen-bond donors (Lipinski definition) is 0. The molecular weight excluding hydrogens is 1160 g/mol. The molecule has 16 rings (SSSR count). The highest BCUT2D eigenvalue weighted by Gasteiger charge is 2.43. The maximum atomic E-state index is 10.2. The van der Waals surface area contributed by atoms with Gasteiger partial charge in [-0.05, 0) is 184 Å². The van der Waals surface area contributed by atoms with Crippen molar-refractivity contribution in [2.24, 2.45) is 0 Å². The summed E-state index contributed by atoms with van der Waals surface area (Å²) in [6.45, 7) is 6.92. The molecule has 6 heteroatoms. The zero-order valence-corrected chi connectivity index (χ0v) is 53.2. The Morgan fingerprint density at radius 2 is 1.01 bits per heavy atom. The number of imidazole rings is 1. The van der Waals surface area contributed by atoms with Crippen LogP contribution in [0.3, 0.4) is 0 Å². The second kappa shape index (κ2) is 22.7. The molecule has 0 amide bonds. The van der Waals surface area contributed by atoms with Crippen molar-refractivity contribution in [3.63, 3.8) is 0 Å². The Balaban J connectivity index is 1.11. The molecule has 15 aromatic rings. The number of ether oxygens (including phenoxy) is 1. The molecule has 0 N–H and O–H groups in total. The van der Waals surface area contributed by atoms with E-state index in [4.69, 9.17) is 22.1 Å². The van der Waals surface area contributed by atoms with Gasteiger partial charge in [-0.1, -0.05) is 260 Å². The summed E-state index contributed by atoms with van der Waals surface area (Å²) in [5, 5.41) is -0.379. The molecule has 12 aromatic carbocycles. The van der Waals surface area contributed by atoms with Crippen molar-refractivity contribution in [2.45, 2.75) is 66.1 Å². The largest absolute Gasteiger partial charge is 0.458 e. The second-order valence-electron chi connectivity index (χ2n) is 25.8. The average molecular weight is 1250 g/mol. The van der Waals surface area contributed by atoms with Crippen LogP contribution < -0.4 is 30.1 Å². The summed E-state index contributed by atoms with van der Waals surface area (Å²) in [6, 6.07) is 44.4. The number of para-hydroxylation sites is 1. The van der Waals surface area contributed by atoms with Crippen molar-refractivity contribution in [1.82, 2.24) is 14.1 Å². The maximum absolute atomic E-state index is 10.2. The minimum Gasteiger partial charge on any atom is -0.458 e.